The maximum absolute atomic E-state index is 12.5. The molecule has 3 heterocycles. The van der Waals surface area contributed by atoms with Gasteiger partial charge in [0.2, 0.25) is 11.8 Å². The van der Waals surface area contributed by atoms with E-state index in [0.29, 0.717) is 43.5 Å². The van der Waals surface area contributed by atoms with Crippen LogP contribution in [0.4, 0.5) is 19.0 Å². The van der Waals surface area contributed by atoms with Crippen LogP contribution in [-0.2, 0) is 37.0 Å². The quantitative estimate of drug-likeness (QED) is 0.276. The van der Waals surface area contributed by atoms with E-state index >= 15 is 0 Å². The third-order valence-electron chi connectivity index (χ3n) is 5.38. The minimum absolute atomic E-state index is 0.104. The molecule has 3 rings (SSSR count). The summed E-state index contributed by atoms with van der Waals surface area (Å²) in [6.45, 7) is 8.67. The summed E-state index contributed by atoms with van der Waals surface area (Å²) in [5.41, 5.74) is 1.29. The maximum Gasteiger partial charge on any atom is 0.490 e. The van der Waals surface area contributed by atoms with Gasteiger partial charge in [-0.15, -0.1) is 0 Å². The predicted molar refractivity (Wildman–Crippen MR) is 133 cm³/mol. The van der Waals surface area contributed by atoms with Crippen molar-refractivity contribution >= 4 is 29.6 Å². The summed E-state index contributed by atoms with van der Waals surface area (Å²) in [5.74, 6) is -3.80. The average molecular weight is 576 g/mol. The molecule has 14 nitrogen and oxygen atoms in total. The molecule has 17 heteroatoms. The summed E-state index contributed by atoms with van der Waals surface area (Å²) in [4.78, 5) is 58.9. The van der Waals surface area contributed by atoms with Crippen LogP contribution in [0.1, 0.15) is 32.9 Å². The molecule has 0 bridgehead atoms. The maximum atomic E-state index is 12.5. The molecule has 1 aliphatic heterocycles. The Morgan fingerprint density at radius 3 is 2.30 bits per heavy atom. The number of aromatic amines is 1. The summed E-state index contributed by atoms with van der Waals surface area (Å²) in [6.07, 6.45) is -1.63. The number of imidazole rings is 2. The highest BCUT2D eigenvalue weighted by molar-refractivity contribution is 5.92. The SMILES string of the molecule is CC(=O)Nc1c(-c2ncc(CN3CCOCC3)[nH]2)ncn1CC(=O)N[C@@H](CC(C)C)C(=O)O.O=C(O)C(F)(F)F. The van der Waals surface area contributed by atoms with Gasteiger partial charge in [0.1, 0.15) is 24.1 Å². The standard InChI is InChI=1S/C21H31N7O5.C2HF3O2/c1-13(2)8-16(21(31)32)26-17(30)11-28-12-23-18(20(28)24-14(3)29)19-22-9-15(25-19)10-27-4-6-33-7-5-27;3-2(4,5)1(6)7/h9,12-13,16H,4-8,10-11H2,1-3H3,(H,22,25)(H,24,29)(H,26,30)(H,31,32);(H,6,7)/t16-;/m0./s1. The number of hydrogen-bond acceptors (Lipinski definition) is 8. The number of carboxylic acids is 2. The van der Waals surface area contributed by atoms with Gasteiger partial charge < -0.3 is 35.1 Å². The van der Waals surface area contributed by atoms with Crippen LogP contribution in [0.3, 0.4) is 0 Å². The van der Waals surface area contributed by atoms with Crippen molar-refractivity contribution in [2.75, 3.05) is 31.6 Å². The van der Waals surface area contributed by atoms with Crippen LogP contribution in [0.2, 0.25) is 0 Å². The average Bonchev–Trinajstić information content (AvgIpc) is 3.45. The van der Waals surface area contributed by atoms with Gasteiger partial charge >= 0.3 is 18.1 Å². The van der Waals surface area contributed by atoms with Crippen LogP contribution in [0.5, 0.6) is 0 Å². The van der Waals surface area contributed by atoms with Crippen molar-refractivity contribution in [3.05, 3.63) is 18.2 Å². The van der Waals surface area contributed by atoms with Crippen LogP contribution in [0, 0.1) is 5.92 Å². The van der Waals surface area contributed by atoms with Crippen molar-refractivity contribution in [2.24, 2.45) is 5.92 Å². The lowest BCUT2D eigenvalue weighted by Crippen LogP contribution is -2.43. The normalized spacial score (nSPS) is 14.7. The Balaban J connectivity index is 0.000000708. The van der Waals surface area contributed by atoms with Crippen molar-refractivity contribution in [2.45, 2.75) is 52.5 Å². The number of alkyl halides is 3. The molecule has 5 N–H and O–H groups in total. The molecular weight excluding hydrogens is 543 g/mol. The molecule has 2 amide bonds. The third-order valence-corrected chi connectivity index (χ3v) is 5.38. The second kappa shape index (κ2) is 14.4. The molecule has 0 radical (unpaired) electrons. The third kappa shape index (κ3) is 10.3. The fraction of sp³-hybridized carbons (Fsp3) is 0.565. The number of H-pyrrole nitrogens is 1. The first-order chi connectivity index (χ1) is 18.7. The van der Waals surface area contributed by atoms with Crippen LogP contribution in [0.25, 0.3) is 11.5 Å². The van der Waals surface area contributed by atoms with E-state index in [1.54, 1.807) is 6.20 Å². The monoisotopic (exact) mass is 575 g/mol. The Morgan fingerprint density at radius 1 is 1.15 bits per heavy atom. The number of nitrogens with zero attached hydrogens (tertiary/aromatic N) is 4. The second-order valence-electron chi connectivity index (χ2n) is 9.29. The largest absolute Gasteiger partial charge is 0.490 e. The first-order valence-electron chi connectivity index (χ1n) is 12.2. The van der Waals surface area contributed by atoms with Crippen molar-refractivity contribution in [3.8, 4) is 11.5 Å². The molecule has 1 aliphatic rings. The van der Waals surface area contributed by atoms with Crippen LogP contribution < -0.4 is 10.6 Å². The van der Waals surface area contributed by atoms with Gasteiger partial charge in [-0.2, -0.15) is 13.2 Å². The molecule has 0 aromatic carbocycles. The molecule has 2 aromatic rings. The number of ether oxygens (including phenoxy) is 1. The van der Waals surface area contributed by atoms with E-state index in [2.05, 4.69) is 30.5 Å². The Bertz CT molecular complexity index is 1170. The molecule has 0 unspecified atom stereocenters. The minimum Gasteiger partial charge on any atom is -0.480 e. The highest BCUT2D eigenvalue weighted by atomic mass is 19.4. The Kier molecular flexibility index (Phi) is 11.6. The zero-order chi connectivity index (χ0) is 30.0. The van der Waals surface area contributed by atoms with E-state index in [1.165, 1.54) is 17.8 Å². The zero-order valence-electron chi connectivity index (χ0n) is 22.1. The number of rotatable bonds is 10. The van der Waals surface area contributed by atoms with Gasteiger partial charge in [0.15, 0.2) is 5.82 Å². The summed E-state index contributed by atoms with van der Waals surface area (Å²) in [6, 6.07) is -0.988. The number of anilines is 1. The summed E-state index contributed by atoms with van der Waals surface area (Å²) < 4.78 is 38.6. The van der Waals surface area contributed by atoms with Crippen LogP contribution >= 0.6 is 0 Å². The number of nitrogens with one attached hydrogen (secondary N) is 3. The van der Waals surface area contributed by atoms with Crippen molar-refractivity contribution in [1.29, 1.82) is 0 Å². The molecule has 40 heavy (non-hydrogen) atoms. The number of carbonyl (C=O) groups excluding carboxylic acids is 2. The fourth-order valence-corrected chi connectivity index (χ4v) is 3.62. The molecule has 0 saturated carbocycles. The van der Waals surface area contributed by atoms with E-state index in [0.717, 1.165) is 18.8 Å². The smallest absolute Gasteiger partial charge is 0.480 e. The number of morpholine rings is 1. The lowest BCUT2D eigenvalue weighted by atomic mass is 10.0. The van der Waals surface area contributed by atoms with Gasteiger partial charge in [0, 0.05) is 32.3 Å². The first-order valence-corrected chi connectivity index (χ1v) is 12.2. The summed E-state index contributed by atoms with van der Waals surface area (Å²) >= 11 is 0. The number of carbonyl (C=O) groups is 4. The predicted octanol–water partition coefficient (Wildman–Crippen LogP) is 1.31. The number of aliphatic carboxylic acids is 2. The Labute approximate surface area is 226 Å². The molecular formula is C23H32F3N7O7. The number of amides is 2. The van der Waals surface area contributed by atoms with E-state index < -0.39 is 30.1 Å². The number of aromatic nitrogens is 4. The Hall–Kier alpha value is -3.99. The highest BCUT2D eigenvalue weighted by Crippen LogP contribution is 2.25. The number of halogens is 3. The van der Waals surface area contributed by atoms with E-state index in [4.69, 9.17) is 14.6 Å². The minimum atomic E-state index is -5.08. The van der Waals surface area contributed by atoms with Gasteiger partial charge in [-0.05, 0) is 12.3 Å². The molecule has 0 spiro atoms. The Morgan fingerprint density at radius 2 is 1.77 bits per heavy atom. The topological polar surface area (TPSA) is 192 Å². The zero-order valence-corrected chi connectivity index (χ0v) is 22.1. The molecule has 1 atom stereocenters. The second-order valence-corrected chi connectivity index (χ2v) is 9.29. The van der Waals surface area contributed by atoms with Crippen molar-refractivity contribution < 1.29 is 47.3 Å². The van der Waals surface area contributed by atoms with Gasteiger partial charge in [-0.25, -0.2) is 19.6 Å². The lowest BCUT2D eigenvalue weighted by Gasteiger charge is -2.25. The van der Waals surface area contributed by atoms with E-state index in [1.807, 2.05) is 13.8 Å². The summed E-state index contributed by atoms with van der Waals surface area (Å²) in [5, 5.41) is 21.7. The van der Waals surface area contributed by atoms with Crippen LogP contribution in [-0.4, -0.2) is 96.9 Å². The molecule has 0 aliphatic carbocycles. The molecule has 1 saturated heterocycles. The van der Waals surface area contributed by atoms with Gasteiger partial charge in [-0.1, -0.05) is 13.8 Å². The van der Waals surface area contributed by atoms with Gasteiger partial charge in [0.05, 0.1) is 25.7 Å². The fourth-order valence-electron chi connectivity index (χ4n) is 3.62. The summed E-state index contributed by atoms with van der Waals surface area (Å²) in [7, 11) is 0. The van der Waals surface area contributed by atoms with Crippen molar-refractivity contribution in [1.82, 2.24) is 29.7 Å². The van der Waals surface area contributed by atoms with Gasteiger partial charge in [0.25, 0.3) is 0 Å². The first kappa shape index (κ1) is 32.2. The molecule has 1 fully saturated rings. The number of hydrogen-bond donors (Lipinski definition) is 5. The molecule has 2 aromatic heterocycles. The van der Waals surface area contributed by atoms with Crippen LogP contribution in [0.15, 0.2) is 12.5 Å². The molecule has 222 valence electrons. The number of carboxylic acid groups (broad SMARTS) is 2. The van der Waals surface area contributed by atoms with E-state index in [-0.39, 0.29) is 18.4 Å². The lowest BCUT2D eigenvalue weighted by molar-refractivity contribution is -0.192. The van der Waals surface area contributed by atoms with E-state index in [9.17, 15) is 32.7 Å². The van der Waals surface area contributed by atoms with Crippen molar-refractivity contribution in [3.63, 3.8) is 0 Å². The van der Waals surface area contributed by atoms with Gasteiger partial charge in [-0.3, -0.25) is 14.5 Å². The highest BCUT2D eigenvalue weighted by Gasteiger charge is 2.38.